The van der Waals surface area contributed by atoms with Crippen molar-refractivity contribution in [3.63, 3.8) is 0 Å². The normalized spacial score (nSPS) is 35.6. The number of aryl methyl sites for hydroxylation is 1. The molecule has 4 atom stereocenters. The summed E-state index contributed by atoms with van der Waals surface area (Å²) in [6, 6.07) is 0.444. The van der Waals surface area contributed by atoms with Gasteiger partial charge in [-0.25, -0.2) is 4.98 Å². The highest BCUT2D eigenvalue weighted by molar-refractivity contribution is 7.11. The Morgan fingerprint density at radius 3 is 2.94 bits per heavy atom. The highest BCUT2D eigenvalue weighted by Crippen LogP contribution is 2.47. The maximum absolute atomic E-state index is 6.29. The molecule has 2 aliphatic carbocycles. The van der Waals surface area contributed by atoms with Crippen LogP contribution >= 0.6 is 11.3 Å². The highest BCUT2D eigenvalue weighted by atomic mass is 32.1. The zero-order valence-electron chi connectivity index (χ0n) is 10.4. The zero-order chi connectivity index (χ0) is 11.8. The molecule has 4 heteroatoms. The third-order valence-corrected chi connectivity index (χ3v) is 5.40. The number of nitrogens with zero attached hydrogens (tertiary/aromatic N) is 1. The third-order valence-electron chi connectivity index (χ3n) is 4.48. The van der Waals surface area contributed by atoms with E-state index in [-0.39, 0.29) is 0 Å². The number of fused-ring (bicyclic) bond motifs is 2. The third kappa shape index (κ3) is 2.26. The maximum atomic E-state index is 6.29. The average Bonchev–Trinajstić information content (AvgIpc) is 2.97. The molecule has 4 unspecified atom stereocenters. The summed E-state index contributed by atoms with van der Waals surface area (Å²) in [7, 11) is 0. The van der Waals surface area contributed by atoms with Gasteiger partial charge in [0.2, 0.25) is 0 Å². The van der Waals surface area contributed by atoms with Gasteiger partial charge in [-0.3, -0.25) is 0 Å². The highest BCUT2D eigenvalue weighted by Gasteiger charge is 2.45. The minimum atomic E-state index is 0.444. The summed E-state index contributed by atoms with van der Waals surface area (Å²) in [6.07, 6.45) is 6.10. The van der Waals surface area contributed by atoms with E-state index in [1.807, 2.05) is 6.20 Å². The predicted octanol–water partition coefficient (Wildman–Crippen LogP) is 1.91. The molecule has 0 aliphatic heterocycles. The van der Waals surface area contributed by atoms with Gasteiger partial charge in [-0.2, -0.15) is 0 Å². The summed E-state index contributed by atoms with van der Waals surface area (Å²) in [6.45, 7) is 4.08. The van der Waals surface area contributed by atoms with Crippen molar-refractivity contribution >= 4 is 11.3 Å². The SMILES string of the molecule is Cc1cnc(CNCC2C3CCC(C3)C2N)s1. The molecule has 2 fully saturated rings. The van der Waals surface area contributed by atoms with E-state index in [1.54, 1.807) is 11.3 Å². The minimum Gasteiger partial charge on any atom is -0.327 e. The average molecular weight is 251 g/mol. The van der Waals surface area contributed by atoms with E-state index in [4.69, 9.17) is 5.73 Å². The molecule has 2 aliphatic rings. The second-order valence-corrected chi connectivity index (χ2v) is 6.89. The summed E-state index contributed by atoms with van der Waals surface area (Å²) in [5, 5.41) is 4.73. The largest absolute Gasteiger partial charge is 0.327 e. The van der Waals surface area contributed by atoms with E-state index < -0.39 is 0 Å². The van der Waals surface area contributed by atoms with Gasteiger partial charge in [0.15, 0.2) is 0 Å². The Labute approximate surface area is 107 Å². The van der Waals surface area contributed by atoms with Crippen molar-refractivity contribution < 1.29 is 0 Å². The molecule has 2 saturated carbocycles. The summed E-state index contributed by atoms with van der Waals surface area (Å²) in [4.78, 5) is 5.66. The van der Waals surface area contributed by atoms with Crippen molar-refractivity contribution in [3.05, 3.63) is 16.1 Å². The number of thiazole rings is 1. The second-order valence-electron chi connectivity index (χ2n) is 5.57. The van der Waals surface area contributed by atoms with E-state index >= 15 is 0 Å². The molecule has 1 aromatic heterocycles. The Bertz CT molecular complexity index is 388. The second kappa shape index (κ2) is 4.67. The monoisotopic (exact) mass is 251 g/mol. The minimum absolute atomic E-state index is 0.444. The summed E-state index contributed by atoms with van der Waals surface area (Å²) in [5.41, 5.74) is 6.29. The van der Waals surface area contributed by atoms with Gasteiger partial charge in [0, 0.05) is 30.2 Å². The van der Waals surface area contributed by atoms with Crippen LogP contribution in [0.4, 0.5) is 0 Å². The lowest BCUT2D eigenvalue weighted by molar-refractivity contribution is 0.278. The van der Waals surface area contributed by atoms with Crippen LogP contribution in [0, 0.1) is 24.7 Å². The van der Waals surface area contributed by atoms with Gasteiger partial charge >= 0.3 is 0 Å². The number of rotatable bonds is 4. The van der Waals surface area contributed by atoms with Crippen molar-refractivity contribution in [1.82, 2.24) is 10.3 Å². The quantitative estimate of drug-likeness (QED) is 0.859. The lowest BCUT2D eigenvalue weighted by atomic mass is 9.85. The van der Waals surface area contributed by atoms with Crippen LogP contribution in [0.3, 0.4) is 0 Å². The number of nitrogens with one attached hydrogen (secondary N) is 1. The molecule has 3 N–H and O–H groups in total. The Morgan fingerprint density at radius 2 is 2.29 bits per heavy atom. The number of nitrogens with two attached hydrogens (primary N) is 1. The van der Waals surface area contributed by atoms with Crippen LogP contribution in [0.2, 0.25) is 0 Å². The van der Waals surface area contributed by atoms with Gasteiger partial charge in [-0.15, -0.1) is 11.3 Å². The molecule has 0 spiro atoms. The van der Waals surface area contributed by atoms with Gasteiger partial charge in [0.25, 0.3) is 0 Å². The van der Waals surface area contributed by atoms with Crippen molar-refractivity contribution in [1.29, 1.82) is 0 Å². The van der Waals surface area contributed by atoms with Crippen molar-refractivity contribution in [3.8, 4) is 0 Å². The first kappa shape index (κ1) is 11.6. The number of aromatic nitrogens is 1. The molecular weight excluding hydrogens is 230 g/mol. The van der Waals surface area contributed by atoms with Gasteiger partial charge < -0.3 is 11.1 Å². The first-order chi connectivity index (χ1) is 8.24. The Hall–Kier alpha value is -0.450. The van der Waals surface area contributed by atoms with Crippen LogP contribution in [0.1, 0.15) is 29.1 Å². The summed E-state index contributed by atoms with van der Waals surface area (Å²) in [5.74, 6) is 2.41. The van der Waals surface area contributed by atoms with E-state index in [1.165, 1.54) is 29.1 Å². The Balaban J connectivity index is 1.48. The molecule has 17 heavy (non-hydrogen) atoms. The first-order valence-corrected chi connectivity index (χ1v) is 7.43. The van der Waals surface area contributed by atoms with Crippen LogP contribution in [-0.2, 0) is 6.54 Å². The van der Waals surface area contributed by atoms with Gasteiger partial charge in [-0.05, 0) is 43.9 Å². The fourth-order valence-electron chi connectivity index (χ4n) is 3.59. The van der Waals surface area contributed by atoms with Crippen molar-refractivity contribution in [2.45, 2.75) is 38.8 Å². The molecule has 0 aromatic carbocycles. The number of hydrogen-bond donors (Lipinski definition) is 2. The van der Waals surface area contributed by atoms with E-state index in [9.17, 15) is 0 Å². The molecule has 94 valence electrons. The molecule has 3 rings (SSSR count). The molecule has 0 radical (unpaired) electrons. The van der Waals surface area contributed by atoms with Crippen LogP contribution < -0.4 is 11.1 Å². The maximum Gasteiger partial charge on any atom is 0.107 e. The molecular formula is C13H21N3S. The smallest absolute Gasteiger partial charge is 0.107 e. The van der Waals surface area contributed by atoms with Crippen LogP contribution in [0.15, 0.2) is 6.20 Å². The van der Waals surface area contributed by atoms with Crippen molar-refractivity contribution in [2.75, 3.05) is 6.54 Å². The molecule has 3 nitrogen and oxygen atoms in total. The Morgan fingerprint density at radius 1 is 1.47 bits per heavy atom. The Kier molecular flexibility index (Phi) is 3.19. The van der Waals surface area contributed by atoms with E-state index in [2.05, 4.69) is 17.2 Å². The van der Waals surface area contributed by atoms with Crippen LogP contribution in [0.5, 0.6) is 0 Å². The first-order valence-electron chi connectivity index (χ1n) is 6.61. The standard InChI is InChI=1S/C13H21N3S/c1-8-5-16-12(17-8)7-15-6-11-9-2-3-10(4-9)13(11)14/h5,9-11,13,15H,2-4,6-7,14H2,1H3. The summed E-state index contributed by atoms with van der Waals surface area (Å²) >= 11 is 1.78. The topological polar surface area (TPSA) is 50.9 Å². The van der Waals surface area contributed by atoms with Crippen molar-refractivity contribution in [2.24, 2.45) is 23.5 Å². The fraction of sp³-hybridized carbons (Fsp3) is 0.769. The summed E-state index contributed by atoms with van der Waals surface area (Å²) < 4.78 is 0. The van der Waals surface area contributed by atoms with Gasteiger partial charge in [0.05, 0.1) is 0 Å². The molecule has 1 aromatic rings. The predicted molar refractivity (Wildman–Crippen MR) is 70.9 cm³/mol. The number of hydrogen-bond acceptors (Lipinski definition) is 4. The zero-order valence-corrected chi connectivity index (χ0v) is 11.2. The van der Waals surface area contributed by atoms with Gasteiger partial charge in [0.1, 0.15) is 5.01 Å². The van der Waals surface area contributed by atoms with Gasteiger partial charge in [-0.1, -0.05) is 0 Å². The van der Waals surface area contributed by atoms with Crippen LogP contribution in [-0.4, -0.2) is 17.6 Å². The molecule has 1 heterocycles. The molecule has 2 bridgehead atoms. The van der Waals surface area contributed by atoms with E-state index in [0.29, 0.717) is 12.0 Å². The van der Waals surface area contributed by atoms with E-state index in [0.717, 1.165) is 24.9 Å². The lowest BCUT2D eigenvalue weighted by Gasteiger charge is -2.28. The lowest BCUT2D eigenvalue weighted by Crippen LogP contribution is -2.41. The molecule has 0 amide bonds. The fourth-order valence-corrected chi connectivity index (χ4v) is 4.34. The van der Waals surface area contributed by atoms with Crippen LogP contribution in [0.25, 0.3) is 0 Å². The molecule has 0 saturated heterocycles.